The molecular weight excluding hydrogens is 354 g/mol. The molecule has 3 aliphatic heterocycles. The quantitative estimate of drug-likeness (QED) is 0.714. The number of hydrogen-bond donors (Lipinski definition) is 1. The van der Waals surface area contributed by atoms with Crippen LogP contribution >= 0.6 is 0 Å². The van der Waals surface area contributed by atoms with Gasteiger partial charge in [0.05, 0.1) is 12.1 Å². The molecule has 1 N–H and O–H groups in total. The molecule has 0 unspecified atom stereocenters. The summed E-state index contributed by atoms with van der Waals surface area (Å²) in [6.07, 6.45) is 8.36. The average Bonchev–Trinajstić information content (AvgIpc) is 3.46. The monoisotopic (exact) mass is 393 g/mol. The Balaban J connectivity index is 1.35. The molecule has 1 aliphatic carbocycles. The molecular formula is C22H39N3O3. The normalized spacial score (nSPS) is 31.4. The highest BCUT2D eigenvalue weighted by Gasteiger charge is 2.43. The SMILES string of the molecule is CCCN(CC1CC1)C(=O)[C@@H]1C[C@@H](O)CN1C1CCN(C2CCOCC2)CC1. The van der Waals surface area contributed by atoms with Gasteiger partial charge in [-0.1, -0.05) is 6.92 Å². The lowest BCUT2D eigenvalue weighted by Gasteiger charge is -2.43. The summed E-state index contributed by atoms with van der Waals surface area (Å²) in [5.41, 5.74) is 0. The van der Waals surface area contributed by atoms with Gasteiger partial charge in [0.25, 0.3) is 0 Å². The summed E-state index contributed by atoms with van der Waals surface area (Å²) in [6.45, 7) is 8.63. The van der Waals surface area contributed by atoms with Crippen molar-refractivity contribution in [2.45, 2.75) is 82.5 Å². The topological polar surface area (TPSA) is 56.3 Å². The van der Waals surface area contributed by atoms with Crippen LogP contribution in [-0.4, -0.2) is 95.9 Å². The van der Waals surface area contributed by atoms with E-state index in [2.05, 4.69) is 21.6 Å². The molecule has 2 atom stereocenters. The molecule has 3 saturated heterocycles. The highest BCUT2D eigenvalue weighted by molar-refractivity contribution is 5.82. The maximum atomic E-state index is 13.4. The summed E-state index contributed by atoms with van der Waals surface area (Å²) in [4.78, 5) is 20.5. The van der Waals surface area contributed by atoms with E-state index in [4.69, 9.17) is 4.74 Å². The fourth-order valence-corrected chi connectivity index (χ4v) is 5.50. The average molecular weight is 394 g/mol. The van der Waals surface area contributed by atoms with Crippen molar-refractivity contribution < 1.29 is 14.6 Å². The molecule has 160 valence electrons. The van der Waals surface area contributed by atoms with E-state index in [1.54, 1.807) is 0 Å². The van der Waals surface area contributed by atoms with Crippen LogP contribution in [0.5, 0.6) is 0 Å². The van der Waals surface area contributed by atoms with Crippen molar-refractivity contribution in [2.24, 2.45) is 5.92 Å². The summed E-state index contributed by atoms with van der Waals surface area (Å²) in [6, 6.07) is 1.00. The Kier molecular flexibility index (Phi) is 6.92. The largest absolute Gasteiger partial charge is 0.392 e. The van der Waals surface area contributed by atoms with E-state index in [0.717, 1.165) is 77.4 Å². The second-order valence-corrected chi connectivity index (χ2v) is 9.44. The minimum Gasteiger partial charge on any atom is -0.392 e. The van der Waals surface area contributed by atoms with Crippen molar-refractivity contribution in [2.75, 3.05) is 45.9 Å². The Morgan fingerprint density at radius 3 is 2.43 bits per heavy atom. The van der Waals surface area contributed by atoms with Gasteiger partial charge in [0.1, 0.15) is 0 Å². The van der Waals surface area contributed by atoms with E-state index in [1.807, 2.05) is 0 Å². The Bertz CT molecular complexity index is 513. The number of carbonyl (C=O) groups excluding carboxylic acids is 1. The van der Waals surface area contributed by atoms with Crippen LogP contribution in [0, 0.1) is 5.92 Å². The number of carbonyl (C=O) groups is 1. The minimum atomic E-state index is -0.355. The van der Waals surface area contributed by atoms with Crippen molar-refractivity contribution in [1.82, 2.24) is 14.7 Å². The van der Waals surface area contributed by atoms with Gasteiger partial charge in [-0.15, -0.1) is 0 Å². The van der Waals surface area contributed by atoms with E-state index in [1.165, 1.54) is 12.8 Å². The summed E-state index contributed by atoms with van der Waals surface area (Å²) in [5, 5.41) is 10.4. The van der Waals surface area contributed by atoms with Gasteiger partial charge in [-0.25, -0.2) is 0 Å². The summed E-state index contributed by atoms with van der Waals surface area (Å²) in [7, 11) is 0. The standard InChI is InChI=1S/C22H39N3O3/c1-2-9-24(15-17-3-4-17)22(27)21-14-20(26)16-25(21)19-5-10-23(11-6-19)18-7-12-28-13-8-18/h17-21,26H,2-16H2,1H3/t20-,21+/m1/s1. The lowest BCUT2D eigenvalue weighted by Crippen LogP contribution is -2.54. The van der Waals surface area contributed by atoms with Crippen LogP contribution < -0.4 is 0 Å². The van der Waals surface area contributed by atoms with Gasteiger partial charge in [0.2, 0.25) is 5.91 Å². The number of hydrogen-bond acceptors (Lipinski definition) is 5. The number of piperidine rings is 1. The van der Waals surface area contributed by atoms with Gasteiger partial charge in [-0.05, 0) is 70.4 Å². The van der Waals surface area contributed by atoms with Crippen molar-refractivity contribution in [3.05, 3.63) is 0 Å². The summed E-state index contributed by atoms with van der Waals surface area (Å²) in [5.74, 6) is 0.996. The number of nitrogens with zero attached hydrogens (tertiary/aromatic N) is 3. The molecule has 4 aliphatic rings. The first kappa shape index (κ1) is 20.6. The van der Waals surface area contributed by atoms with Crippen LogP contribution in [0.2, 0.25) is 0 Å². The molecule has 0 aromatic rings. The zero-order valence-corrected chi connectivity index (χ0v) is 17.6. The number of likely N-dealkylation sites (tertiary alicyclic amines) is 2. The Morgan fingerprint density at radius 2 is 1.79 bits per heavy atom. The molecule has 0 radical (unpaired) electrons. The molecule has 0 aromatic carbocycles. The number of amides is 1. The Hall–Kier alpha value is -0.690. The lowest BCUT2D eigenvalue weighted by molar-refractivity contribution is -0.137. The third kappa shape index (κ3) is 4.89. The van der Waals surface area contributed by atoms with E-state index in [0.29, 0.717) is 25.0 Å². The van der Waals surface area contributed by atoms with Gasteiger partial charge in [0.15, 0.2) is 0 Å². The Labute approximate surface area is 170 Å². The Morgan fingerprint density at radius 1 is 1.07 bits per heavy atom. The maximum Gasteiger partial charge on any atom is 0.240 e. The van der Waals surface area contributed by atoms with Crippen LogP contribution in [-0.2, 0) is 9.53 Å². The smallest absolute Gasteiger partial charge is 0.240 e. The summed E-state index contributed by atoms with van der Waals surface area (Å²) >= 11 is 0. The van der Waals surface area contributed by atoms with Crippen molar-refractivity contribution in [3.63, 3.8) is 0 Å². The van der Waals surface area contributed by atoms with Gasteiger partial charge >= 0.3 is 0 Å². The molecule has 3 heterocycles. The van der Waals surface area contributed by atoms with Gasteiger partial charge in [-0.2, -0.15) is 0 Å². The third-order valence-electron chi connectivity index (χ3n) is 7.26. The molecule has 0 bridgehead atoms. The fraction of sp³-hybridized carbons (Fsp3) is 0.955. The number of ether oxygens (including phenoxy) is 1. The highest BCUT2D eigenvalue weighted by Crippen LogP contribution is 2.32. The minimum absolute atomic E-state index is 0.111. The first-order valence-electron chi connectivity index (χ1n) is 11.7. The van der Waals surface area contributed by atoms with Gasteiger partial charge < -0.3 is 19.6 Å². The van der Waals surface area contributed by atoms with Crippen molar-refractivity contribution in [3.8, 4) is 0 Å². The molecule has 4 rings (SSSR count). The molecule has 1 saturated carbocycles. The van der Waals surface area contributed by atoms with Crippen LogP contribution in [0.4, 0.5) is 0 Å². The molecule has 4 fully saturated rings. The van der Waals surface area contributed by atoms with Crippen LogP contribution in [0.3, 0.4) is 0 Å². The molecule has 6 nitrogen and oxygen atoms in total. The molecule has 28 heavy (non-hydrogen) atoms. The molecule has 0 spiro atoms. The zero-order chi connectivity index (χ0) is 19.5. The zero-order valence-electron chi connectivity index (χ0n) is 17.6. The van der Waals surface area contributed by atoms with E-state index < -0.39 is 0 Å². The number of β-amino-alcohol motifs (C(OH)–C–C–N with tert-alkyl or cyclic N) is 1. The highest BCUT2D eigenvalue weighted by atomic mass is 16.5. The van der Waals surface area contributed by atoms with Crippen LogP contribution in [0.1, 0.15) is 58.3 Å². The third-order valence-corrected chi connectivity index (χ3v) is 7.26. The van der Waals surface area contributed by atoms with Crippen molar-refractivity contribution in [1.29, 1.82) is 0 Å². The molecule has 1 amide bonds. The van der Waals surface area contributed by atoms with Crippen LogP contribution in [0.15, 0.2) is 0 Å². The summed E-state index contributed by atoms with van der Waals surface area (Å²) < 4.78 is 5.51. The predicted octanol–water partition coefficient (Wildman–Crippen LogP) is 1.71. The second kappa shape index (κ2) is 9.41. The molecule has 0 aromatic heterocycles. The van der Waals surface area contributed by atoms with Crippen LogP contribution in [0.25, 0.3) is 0 Å². The number of rotatable bonds is 7. The lowest BCUT2D eigenvalue weighted by atomic mass is 9.98. The van der Waals surface area contributed by atoms with Crippen molar-refractivity contribution >= 4 is 5.91 Å². The predicted molar refractivity (Wildman–Crippen MR) is 109 cm³/mol. The first-order chi connectivity index (χ1) is 13.7. The maximum absolute atomic E-state index is 13.4. The molecule has 6 heteroatoms. The number of aliphatic hydroxyl groups excluding tert-OH is 1. The first-order valence-corrected chi connectivity index (χ1v) is 11.7. The van der Waals surface area contributed by atoms with Gasteiger partial charge in [0, 0.05) is 44.9 Å². The van der Waals surface area contributed by atoms with E-state index in [-0.39, 0.29) is 18.1 Å². The second-order valence-electron chi connectivity index (χ2n) is 9.44. The van der Waals surface area contributed by atoms with E-state index in [9.17, 15) is 9.90 Å². The fourth-order valence-electron chi connectivity index (χ4n) is 5.50. The number of aliphatic hydroxyl groups is 1. The van der Waals surface area contributed by atoms with Gasteiger partial charge in [-0.3, -0.25) is 9.69 Å². The van der Waals surface area contributed by atoms with E-state index >= 15 is 0 Å².